The third kappa shape index (κ3) is 4.29. The van der Waals surface area contributed by atoms with Gasteiger partial charge in [0.05, 0.1) is 11.6 Å². The predicted octanol–water partition coefficient (Wildman–Crippen LogP) is 3.64. The minimum Gasteiger partial charge on any atom is -0.496 e. The number of carboxylic acids is 1. The third-order valence-electron chi connectivity index (χ3n) is 2.75. The van der Waals surface area contributed by atoms with E-state index in [0.717, 1.165) is 12.0 Å². The standard InChI is InChI=1S/C13H16BrFO3/c1-8(5-13(16)17)3-4-9-6-10(14)11(15)7-12(9)18-2/h6-8H,3-5H2,1-2H3,(H,16,17). The van der Waals surface area contributed by atoms with Gasteiger partial charge in [-0.3, -0.25) is 4.79 Å². The number of hydrogen-bond acceptors (Lipinski definition) is 2. The second-order valence-electron chi connectivity index (χ2n) is 4.32. The molecule has 1 unspecified atom stereocenters. The number of rotatable bonds is 6. The Kier molecular flexibility index (Phi) is 5.59. The Balaban J connectivity index is 2.72. The Labute approximate surface area is 114 Å². The molecule has 0 radical (unpaired) electrons. The van der Waals surface area contributed by atoms with Crippen molar-refractivity contribution >= 4 is 21.9 Å². The summed E-state index contributed by atoms with van der Waals surface area (Å²) in [7, 11) is 1.49. The molecule has 0 saturated heterocycles. The van der Waals surface area contributed by atoms with E-state index in [4.69, 9.17) is 9.84 Å². The molecule has 18 heavy (non-hydrogen) atoms. The lowest BCUT2D eigenvalue weighted by atomic mass is 9.98. The van der Waals surface area contributed by atoms with Crippen LogP contribution in [-0.2, 0) is 11.2 Å². The first kappa shape index (κ1) is 15.0. The molecule has 100 valence electrons. The molecule has 3 nitrogen and oxygen atoms in total. The zero-order valence-corrected chi connectivity index (χ0v) is 12.0. The molecule has 1 aromatic rings. The van der Waals surface area contributed by atoms with E-state index in [9.17, 15) is 9.18 Å². The van der Waals surface area contributed by atoms with Crippen molar-refractivity contribution in [2.24, 2.45) is 5.92 Å². The van der Waals surface area contributed by atoms with Crippen molar-refractivity contribution < 1.29 is 19.0 Å². The lowest BCUT2D eigenvalue weighted by Crippen LogP contribution is -2.06. The molecule has 0 fully saturated rings. The van der Waals surface area contributed by atoms with Crippen LogP contribution >= 0.6 is 15.9 Å². The highest BCUT2D eigenvalue weighted by Gasteiger charge is 2.12. The number of aryl methyl sites for hydroxylation is 1. The van der Waals surface area contributed by atoms with Crippen molar-refractivity contribution in [2.45, 2.75) is 26.2 Å². The molecule has 1 atom stereocenters. The van der Waals surface area contributed by atoms with Crippen LogP contribution in [0, 0.1) is 11.7 Å². The van der Waals surface area contributed by atoms with Crippen molar-refractivity contribution in [3.05, 3.63) is 28.0 Å². The van der Waals surface area contributed by atoms with Gasteiger partial charge in [0, 0.05) is 12.5 Å². The summed E-state index contributed by atoms with van der Waals surface area (Å²) < 4.78 is 18.8. The van der Waals surface area contributed by atoms with Gasteiger partial charge in [0.15, 0.2) is 0 Å². The van der Waals surface area contributed by atoms with Crippen LogP contribution in [-0.4, -0.2) is 18.2 Å². The Morgan fingerprint density at radius 2 is 2.22 bits per heavy atom. The van der Waals surface area contributed by atoms with Gasteiger partial charge in [-0.05, 0) is 46.3 Å². The summed E-state index contributed by atoms with van der Waals surface area (Å²) >= 11 is 3.13. The van der Waals surface area contributed by atoms with Crippen LogP contribution in [0.1, 0.15) is 25.3 Å². The highest BCUT2D eigenvalue weighted by atomic mass is 79.9. The summed E-state index contributed by atoms with van der Waals surface area (Å²) in [6, 6.07) is 3.02. The van der Waals surface area contributed by atoms with Crippen LogP contribution in [0.15, 0.2) is 16.6 Å². The lowest BCUT2D eigenvalue weighted by molar-refractivity contribution is -0.138. The van der Waals surface area contributed by atoms with Crippen LogP contribution in [0.3, 0.4) is 0 Å². The fourth-order valence-electron chi connectivity index (χ4n) is 1.76. The summed E-state index contributed by atoms with van der Waals surface area (Å²) in [5, 5.41) is 8.68. The van der Waals surface area contributed by atoms with Crippen LogP contribution in [0.25, 0.3) is 0 Å². The quantitative estimate of drug-likeness (QED) is 0.871. The molecule has 0 spiro atoms. The average molecular weight is 319 g/mol. The van der Waals surface area contributed by atoms with Gasteiger partial charge in [0.2, 0.25) is 0 Å². The Morgan fingerprint density at radius 3 is 2.78 bits per heavy atom. The van der Waals surface area contributed by atoms with E-state index in [2.05, 4.69) is 15.9 Å². The molecule has 0 heterocycles. The van der Waals surface area contributed by atoms with E-state index in [0.29, 0.717) is 16.6 Å². The minimum absolute atomic E-state index is 0.0797. The maximum atomic E-state index is 13.3. The fraction of sp³-hybridized carbons (Fsp3) is 0.462. The minimum atomic E-state index is -0.797. The highest BCUT2D eigenvalue weighted by Crippen LogP contribution is 2.28. The van der Waals surface area contributed by atoms with Crippen LogP contribution in [0.5, 0.6) is 5.75 Å². The highest BCUT2D eigenvalue weighted by molar-refractivity contribution is 9.10. The molecule has 0 aromatic heterocycles. The zero-order chi connectivity index (χ0) is 13.7. The maximum Gasteiger partial charge on any atom is 0.303 e. The predicted molar refractivity (Wildman–Crippen MR) is 70.4 cm³/mol. The number of ether oxygens (including phenoxy) is 1. The second-order valence-corrected chi connectivity index (χ2v) is 5.17. The van der Waals surface area contributed by atoms with Crippen molar-refractivity contribution in [1.82, 2.24) is 0 Å². The van der Waals surface area contributed by atoms with Gasteiger partial charge in [-0.2, -0.15) is 0 Å². The molecule has 5 heteroatoms. The van der Waals surface area contributed by atoms with Crippen LogP contribution in [0.2, 0.25) is 0 Å². The zero-order valence-electron chi connectivity index (χ0n) is 10.4. The average Bonchev–Trinajstić information content (AvgIpc) is 2.29. The summed E-state index contributed by atoms with van der Waals surface area (Å²) in [6.07, 6.45) is 1.53. The van der Waals surface area contributed by atoms with Gasteiger partial charge >= 0.3 is 5.97 Å². The summed E-state index contributed by atoms with van der Waals surface area (Å²) in [4.78, 5) is 10.6. The molecule has 0 aliphatic heterocycles. The first-order chi connectivity index (χ1) is 8.43. The van der Waals surface area contributed by atoms with E-state index in [1.807, 2.05) is 6.92 Å². The summed E-state index contributed by atoms with van der Waals surface area (Å²) in [5.74, 6) is -0.585. The Hall–Kier alpha value is -1.10. The molecular formula is C13H16BrFO3. The first-order valence-corrected chi connectivity index (χ1v) is 6.47. The van der Waals surface area contributed by atoms with Crippen molar-refractivity contribution in [3.63, 3.8) is 0 Å². The van der Waals surface area contributed by atoms with Crippen LogP contribution in [0.4, 0.5) is 4.39 Å². The van der Waals surface area contributed by atoms with E-state index >= 15 is 0 Å². The van der Waals surface area contributed by atoms with Gasteiger partial charge < -0.3 is 9.84 Å². The molecule has 0 amide bonds. The molecule has 0 aliphatic rings. The monoisotopic (exact) mass is 318 g/mol. The number of carboxylic acid groups (broad SMARTS) is 1. The summed E-state index contributed by atoms with van der Waals surface area (Å²) in [6.45, 7) is 1.89. The molecular weight excluding hydrogens is 303 g/mol. The van der Waals surface area contributed by atoms with Gasteiger partial charge in [-0.1, -0.05) is 6.92 Å². The third-order valence-corrected chi connectivity index (χ3v) is 3.36. The molecule has 1 N–H and O–H groups in total. The van der Waals surface area contributed by atoms with Gasteiger partial charge in [0.1, 0.15) is 11.6 Å². The van der Waals surface area contributed by atoms with E-state index < -0.39 is 5.97 Å². The van der Waals surface area contributed by atoms with Gasteiger partial charge in [-0.15, -0.1) is 0 Å². The van der Waals surface area contributed by atoms with Gasteiger partial charge in [-0.25, -0.2) is 4.39 Å². The smallest absolute Gasteiger partial charge is 0.303 e. The number of aliphatic carboxylic acids is 1. The molecule has 0 saturated carbocycles. The normalized spacial score (nSPS) is 12.2. The second kappa shape index (κ2) is 6.73. The number of hydrogen-bond donors (Lipinski definition) is 1. The largest absolute Gasteiger partial charge is 0.496 e. The molecule has 1 rings (SSSR count). The Morgan fingerprint density at radius 1 is 1.56 bits per heavy atom. The van der Waals surface area contributed by atoms with Crippen LogP contribution < -0.4 is 4.74 Å². The number of methoxy groups -OCH3 is 1. The number of benzene rings is 1. The Bertz CT molecular complexity index is 434. The molecule has 0 aliphatic carbocycles. The number of carbonyl (C=O) groups is 1. The van der Waals surface area contributed by atoms with Crippen molar-refractivity contribution in [3.8, 4) is 5.75 Å². The topological polar surface area (TPSA) is 46.5 Å². The van der Waals surface area contributed by atoms with Crippen molar-refractivity contribution in [1.29, 1.82) is 0 Å². The van der Waals surface area contributed by atoms with E-state index in [-0.39, 0.29) is 18.2 Å². The first-order valence-electron chi connectivity index (χ1n) is 5.67. The molecule has 0 bridgehead atoms. The molecule has 1 aromatic carbocycles. The lowest BCUT2D eigenvalue weighted by Gasteiger charge is -2.12. The number of halogens is 2. The van der Waals surface area contributed by atoms with E-state index in [1.165, 1.54) is 13.2 Å². The maximum absolute atomic E-state index is 13.3. The SMILES string of the molecule is COc1cc(F)c(Br)cc1CCC(C)CC(=O)O. The summed E-state index contributed by atoms with van der Waals surface area (Å²) in [5.41, 5.74) is 0.878. The fourth-order valence-corrected chi connectivity index (χ4v) is 2.15. The van der Waals surface area contributed by atoms with Gasteiger partial charge in [0.25, 0.3) is 0 Å². The van der Waals surface area contributed by atoms with Crippen molar-refractivity contribution in [2.75, 3.05) is 7.11 Å². The van der Waals surface area contributed by atoms with E-state index in [1.54, 1.807) is 6.07 Å².